The van der Waals surface area contributed by atoms with Gasteiger partial charge in [-0.05, 0) is 43.0 Å². The highest BCUT2D eigenvalue weighted by Crippen LogP contribution is 2.26. The summed E-state index contributed by atoms with van der Waals surface area (Å²) in [4.78, 5) is 2.57. The molecule has 1 aromatic carbocycles. The molecule has 3 rings (SSSR count). The van der Waals surface area contributed by atoms with E-state index in [-0.39, 0.29) is 0 Å². The Labute approximate surface area is 123 Å². The van der Waals surface area contributed by atoms with Crippen molar-refractivity contribution in [1.82, 2.24) is 10.2 Å². The van der Waals surface area contributed by atoms with E-state index in [2.05, 4.69) is 38.3 Å². The largest absolute Gasteiger partial charge is 0.497 e. The maximum absolute atomic E-state index is 5.32. The maximum Gasteiger partial charge on any atom is 0.119 e. The first-order valence-electron chi connectivity index (χ1n) is 7.05. The van der Waals surface area contributed by atoms with E-state index in [1.807, 2.05) is 6.07 Å². The topological polar surface area (TPSA) is 24.5 Å². The number of ether oxygens (including phenoxy) is 1. The molecule has 2 saturated heterocycles. The molecule has 0 aliphatic carbocycles. The summed E-state index contributed by atoms with van der Waals surface area (Å²) in [5.41, 5.74) is 1.32. The van der Waals surface area contributed by atoms with Gasteiger partial charge in [-0.2, -0.15) is 0 Å². The van der Waals surface area contributed by atoms with E-state index in [9.17, 15) is 0 Å². The smallest absolute Gasteiger partial charge is 0.119 e. The minimum Gasteiger partial charge on any atom is -0.497 e. The zero-order valence-corrected chi connectivity index (χ0v) is 12.9. The van der Waals surface area contributed by atoms with E-state index in [0.717, 1.165) is 18.3 Å². The molecule has 0 amide bonds. The highest BCUT2D eigenvalue weighted by molar-refractivity contribution is 9.10. The molecule has 0 saturated carbocycles. The van der Waals surface area contributed by atoms with Crippen LogP contribution in [0.1, 0.15) is 24.8 Å². The van der Waals surface area contributed by atoms with Crippen LogP contribution < -0.4 is 10.1 Å². The van der Waals surface area contributed by atoms with Crippen LogP contribution in [-0.2, 0) is 6.54 Å². The number of rotatable bonds is 3. The van der Waals surface area contributed by atoms with Crippen LogP contribution in [0.3, 0.4) is 0 Å². The van der Waals surface area contributed by atoms with Crippen molar-refractivity contribution in [2.24, 2.45) is 0 Å². The number of fused-ring (bicyclic) bond motifs is 2. The number of benzene rings is 1. The van der Waals surface area contributed by atoms with Gasteiger partial charge in [0.15, 0.2) is 0 Å². The molecule has 2 aliphatic heterocycles. The first kappa shape index (κ1) is 13.4. The van der Waals surface area contributed by atoms with Crippen LogP contribution in [0.5, 0.6) is 5.75 Å². The van der Waals surface area contributed by atoms with E-state index in [1.165, 1.54) is 42.4 Å². The average Bonchev–Trinajstić information content (AvgIpc) is 2.75. The van der Waals surface area contributed by atoms with Crippen molar-refractivity contribution in [2.45, 2.75) is 37.9 Å². The van der Waals surface area contributed by atoms with Crippen molar-refractivity contribution < 1.29 is 4.74 Å². The lowest BCUT2D eigenvalue weighted by atomic mass is 10.1. The number of methoxy groups -OCH3 is 1. The van der Waals surface area contributed by atoms with E-state index in [4.69, 9.17) is 4.74 Å². The van der Waals surface area contributed by atoms with Crippen molar-refractivity contribution in [3.63, 3.8) is 0 Å². The van der Waals surface area contributed by atoms with Crippen molar-refractivity contribution >= 4 is 15.9 Å². The first-order chi connectivity index (χ1) is 9.24. The average molecular weight is 325 g/mol. The third-order valence-corrected chi connectivity index (χ3v) is 5.03. The van der Waals surface area contributed by atoms with Gasteiger partial charge < -0.3 is 10.1 Å². The Morgan fingerprint density at radius 2 is 2.16 bits per heavy atom. The van der Waals surface area contributed by atoms with E-state index >= 15 is 0 Å². The molecule has 2 fully saturated rings. The van der Waals surface area contributed by atoms with Crippen molar-refractivity contribution in [3.05, 3.63) is 28.2 Å². The van der Waals surface area contributed by atoms with Gasteiger partial charge in [0.1, 0.15) is 5.75 Å². The van der Waals surface area contributed by atoms with Crippen LogP contribution in [0.15, 0.2) is 22.7 Å². The van der Waals surface area contributed by atoms with Crippen molar-refractivity contribution in [3.8, 4) is 5.75 Å². The summed E-state index contributed by atoms with van der Waals surface area (Å²) >= 11 is 3.65. The van der Waals surface area contributed by atoms with Gasteiger partial charge in [-0.1, -0.05) is 15.9 Å². The van der Waals surface area contributed by atoms with Crippen molar-refractivity contribution in [1.29, 1.82) is 0 Å². The Bertz CT molecular complexity index is 452. The summed E-state index contributed by atoms with van der Waals surface area (Å²) in [5, 5.41) is 3.73. The monoisotopic (exact) mass is 324 g/mol. The number of halogens is 1. The Hall–Kier alpha value is -0.580. The van der Waals surface area contributed by atoms with Gasteiger partial charge in [0.05, 0.1) is 7.11 Å². The van der Waals surface area contributed by atoms with Gasteiger partial charge in [0.25, 0.3) is 0 Å². The van der Waals surface area contributed by atoms with E-state index in [0.29, 0.717) is 6.04 Å². The second kappa shape index (κ2) is 5.81. The number of hydrogen-bond donors (Lipinski definition) is 1. The van der Waals surface area contributed by atoms with Crippen molar-refractivity contribution in [2.75, 3.05) is 20.2 Å². The van der Waals surface area contributed by atoms with Gasteiger partial charge in [0, 0.05) is 36.2 Å². The second-order valence-electron chi connectivity index (χ2n) is 5.62. The lowest BCUT2D eigenvalue weighted by molar-refractivity contribution is 0.250. The molecule has 2 atom stereocenters. The van der Waals surface area contributed by atoms with E-state index in [1.54, 1.807) is 7.11 Å². The molecule has 2 aliphatic rings. The molecule has 4 heteroatoms. The molecule has 0 aromatic heterocycles. The Morgan fingerprint density at radius 1 is 1.32 bits per heavy atom. The Morgan fingerprint density at radius 3 is 3.00 bits per heavy atom. The molecule has 2 unspecified atom stereocenters. The number of nitrogens with one attached hydrogen (secondary N) is 1. The predicted molar refractivity (Wildman–Crippen MR) is 80.5 cm³/mol. The van der Waals surface area contributed by atoms with Crippen LogP contribution in [-0.4, -0.2) is 37.2 Å². The fourth-order valence-electron chi connectivity index (χ4n) is 3.20. The maximum atomic E-state index is 5.32. The van der Waals surface area contributed by atoms with E-state index < -0.39 is 0 Å². The van der Waals surface area contributed by atoms with Gasteiger partial charge in [-0.25, -0.2) is 0 Å². The first-order valence-corrected chi connectivity index (χ1v) is 7.84. The van der Waals surface area contributed by atoms with Crippen LogP contribution in [0, 0.1) is 0 Å². The second-order valence-corrected chi connectivity index (χ2v) is 6.47. The minimum atomic E-state index is 0.692. The summed E-state index contributed by atoms with van der Waals surface area (Å²) in [6.07, 6.45) is 3.97. The van der Waals surface area contributed by atoms with Gasteiger partial charge in [-0.3, -0.25) is 4.90 Å². The molecule has 1 aromatic rings. The molecular weight excluding hydrogens is 304 g/mol. The minimum absolute atomic E-state index is 0.692. The molecule has 104 valence electrons. The molecule has 2 heterocycles. The summed E-state index contributed by atoms with van der Waals surface area (Å²) in [7, 11) is 1.72. The van der Waals surface area contributed by atoms with Gasteiger partial charge >= 0.3 is 0 Å². The zero-order chi connectivity index (χ0) is 13.2. The molecule has 2 bridgehead atoms. The lowest BCUT2D eigenvalue weighted by Crippen LogP contribution is -2.35. The SMILES string of the molecule is COc1ccc(Br)c(CN2CCC3CCC(C2)N3)c1. The molecule has 19 heavy (non-hydrogen) atoms. The van der Waals surface area contributed by atoms with Crippen LogP contribution >= 0.6 is 15.9 Å². The lowest BCUT2D eigenvalue weighted by Gasteiger charge is -2.24. The third-order valence-electron chi connectivity index (χ3n) is 4.25. The van der Waals surface area contributed by atoms with Gasteiger partial charge in [-0.15, -0.1) is 0 Å². The van der Waals surface area contributed by atoms with Crippen LogP contribution in [0.4, 0.5) is 0 Å². The van der Waals surface area contributed by atoms with Gasteiger partial charge in [0.2, 0.25) is 0 Å². The quantitative estimate of drug-likeness (QED) is 0.925. The Balaban J connectivity index is 1.70. The highest BCUT2D eigenvalue weighted by atomic mass is 79.9. The summed E-state index contributed by atoms with van der Waals surface area (Å²) in [5.74, 6) is 0.938. The highest BCUT2D eigenvalue weighted by Gasteiger charge is 2.29. The number of nitrogens with zero attached hydrogens (tertiary/aromatic N) is 1. The third kappa shape index (κ3) is 3.12. The number of hydrogen-bond acceptors (Lipinski definition) is 3. The fourth-order valence-corrected chi connectivity index (χ4v) is 3.57. The normalized spacial score (nSPS) is 27.3. The van der Waals surface area contributed by atoms with Crippen LogP contribution in [0.25, 0.3) is 0 Å². The number of likely N-dealkylation sites (tertiary alicyclic amines) is 1. The molecule has 0 radical (unpaired) electrons. The zero-order valence-electron chi connectivity index (χ0n) is 11.4. The molecular formula is C15H21BrN2O. The molecule has 0 spiro atoms. The standard InChI is InChI=1S/C15H21BrN2O/c1-19-14-4-5-15(16)11(8-14)9-18-7-6-12-2-3-13(10-18)17-12/h4-5,8,12-13,17H,2-3,6-7,9-10H2,1H3. The summed E-state index contributed by atoms with van der Waals surface area (Å²) in [6, 6.07) is 7.66. The van der Waals surface area contributed by atoms with Crippen LogP contribution in [0.2, 0.25) is 0 Å². The summed E-state index contributed by atoms with van der Waals surface area (Å²) in [6.45, 7) is 3.36. The molecule has 1 N–H and O–H groups in total. The fraction of sp³-hybridized carbons (Fsp3) is 0.600. The summed E-state index contributed by atoms with van der Waals surface area (Å²) < 4.78 is 6.50. The predicted octanol–water partition coefficient (Wildman–Crippen LogP) is 2.78. The molecule has 3 nitrogen and oxygen atoms in total. The Kier molecular flexibility index (Phi) is 4.10.